The number of hydrogen-bond donors (Lipinski definition) is 0. The van der Waals surface area contributed by atoms with Crippen LogP contribution in [-0.2, 0) is 4.74 Å². The van der Waals surface area contributed by atoms with Gasteiger partial charge in [0, 0.05) is 13.5 Å². The van der Waals surface area contributed by atoms with Crippen LogP contribution in [0.3, 0.4) is 0 Å². The Bertz CT molecular complexity index is 111. The van der Waals surface area contributed by atoms with Crippen LogP contribution in [0, 0.1) is 6.92 Å². The molecule has 0 heterocycles. The normalized spacial score (nSPS) is 14.8. The predicted octanol–water partition coefficient (Wildman–Crippen LogP) is 3.05. The van der Waals surface area contributed by atoms with Crippen LogP contribution in [0.1, 0.15) is 32.6 Å². The standard InChI is InChI=1S/C9H17F2O/c1-4-6-7-9(10,11)8(5-2)12-3/h8H,2,4-7H2,1,3H3. The van der Waals surface area contributed by atoms with Gasteiger partial charge in [0.15, 0.2) is 0 Å². The smallest absolute Gasteiger partial charge is 0.273 e. The Morgan fingerprint density at radius 3 is 2.42 bits per heavy atom. The van der Waals surface area contributed by atoms with Crippen molar-refractivity contribution in [3.63, 3.8) is 0 Å². The zero-order chi connectivity index (χ0) is 9.61. The van der Waals surface area contributed by atoms with Crippen molar-refractivity contribution in [2.75, 3.05) is 7.11 Å². The molecule has 3 heteroatoms. The van der Waals surface area contributed by atoms with Gasteiger partial charge in [0.05, 0.1) is 0 Å². The third-order valence-corrected chi connectivity index (χ3v) is 1.88. The van der Waals surface area contributed by atoms with E-state index >= 15 is 0 Å². The quantitative estimate of drug-likeness (QED) is 0.609. The first kappa shape index (κ1) is 11.8. The summed E-state index contributed by atoms with van der Waals surface area (Å²) in [5, 5.41) is 0. The minimum absolute atomic E-state index is 0.0997. The molecule has 0 spiro atoms. The highest BCUT2D eigenvalue weighted by Gasteiger charge is 2.37. The lowest BCUT2D eigenvalue weighted by molar-refractivity contribution is -0.128. The summed E-state index contributed by atoms with van der Waals surface area (Å²) in [6.45, 7) is 5.32. The molecule has 0 rings (SSSR count). The van der Waals surface area contributed by atoms with E-state index in [-0.39, 0.29) is 12.8 Å². The number of halogens is 2. The van der Waals surface area contributed by atoms with Crippen molar-refractivity contribution in [2.45, 2.75) is 44.6 Å². The van der Waals surface area contributed by atoms with Crippen molar-refractivity contribution in [1.29, 1.82) is 0 Å². The molecule has 0 bridgehead atoms. The monoisotopic (exact) mass is 179 g/mol. The highest BCUT2D eigenvalue weighted by atomic mass is 19.3. The lowest BCUT2D eigenvalue weighted by Gasteiger charge is -2.24. The van der Waals surface area contributed by atoms with Crippen molar-refractivity contribution in [3.05, 3.63) is 6.92 Å². The third kappa shape index (κ3) is 3.48. The van der Waals surface area contributed by atoms with E-state index in [0.717, 1.165) is 6.42 Å². The van der Waals surface area contributed by atoms with E-state index in [1.54, 1.807) is 0 Å². The van der Waals surface area contributed by atoms with Gasteiger partial charge in [-0.3, -0.25) is 0 Å². The summed E-state index contributed by atoms with van der Waals surface area (Å²) < 4.78 is 30.9. The molecular formula is C9H17F2O. The highest BCUT2D eigenvalue weighted by molar-refractivity contribution is 4.78. The number of rotatable bonds is 6. The molecule has 0 aliphatic carbocycles. The Hall–Kier alpha value is -0.180. The average molecular weight is 179 g/mol. The Labute approximate surface area is 73.1 Å². The molecule has 1 nitrogen and oxygen atoms in total. The second-order valence-electron chi connectivity index (χ2n) is 2.88. The fourth-order valence-electron chi connectivity index (χ4n) is 1.07. The Kier molecular flexibility index (Phi) is 5.38. The fraction of sp³-hybridized carbons (Fsp3) is 0.889. The van der Waals surface area contributed by atoms with Crippen molar-refractivity contribution >= 4 is 0 Å². The zero-order valence-corrected chi connectivity index (χ0v) is 7.78. The van der Waals surface area contributed by atoms with Crippen molar-refractivity contribution in [1.82, 2.24) is 0 Å². The van der Waals surface area contributed by atoms with Crippen LogP contribution in [0.25, 0.3) is 0 Å². The minimum Gasteiger partial charge on any atom is -0.375 e. The van der Waals surface area contributed by atoms with Gasteiger partial charge in [-0.25, -0.2) is 8.78 Å². The van der Waals surface area contributed by atoms with E-state index in [1.165, 1.54) is 7.11 Å². The van der Waals surface area contributed by atoms with Crippen LogP contribution in [-0.4, -0.2) is 19.1 Å². The largest absolute Gasteiger partial charge is 0.375 e. The average Bonchev–Trinajstić information content (AvgIpc) is 2.03. The second kappa shape index (κ2) is 5.46. The number of ether oxygens (including phenoxy) is 1. The summed E-state index contributed by atoms with van der Waals surface area (Å²) in [5.41, 5.74) is 0. The van der Waals surface area contributed by atoms with Gasteiger partial charge in [0.2, 0.25) is 0 Å². The molecular weight excluding hydrogens is 162 g/mol. The van der Waals surface area contributed by atoms with Gasteiger partial charge in [-0.1, -0.05) is 20.3 Å². The minimum atomic E-state index is -2.72. The molecule has 0 saturated carbocycles. The fourth-order valence-corrected chi connectivity index (χ4v) is 1.07. The first-order valence-corrected chi connectivity index (χ1v) is 4.28. The Balaban J connectivity index is 3.96. The van der Waals surface area contributed by atoms with Crippen LogP contribution in [0.5, 0.6) is 0 Å². The molecule has 0 aliphatic heterocycles. The van der Waals surface area contributed by atoms with Crippen LogP contribution in [0.4, 0.5) is 8.78 Å². The molecule has 0 amide bonds. The maximum absolute atomic E-state index is 13.1. The molecule has 0 N–H and O–H groups in total. The molecule has 0 saturated heterocycles. The van der Waals surface area contributed by atoms with E-state index in [9.17, 15) is 8.78 Å². The van der Waals surface area contributed by atoms with Gasteiger partial charge in [-0.15, -0.1) is 0 Å². The number of hydrogen-bond acceptors (Lipinski definition) is 1. The molecule has 1 radical (unpaired) electrons. The third-order valence-electron chi connectivity index (χ3n) is 1.88. The summed E-state index contributed by atoms with van der Waals surface area (Å²) in [7, 11) is 1.30. The molecule has 12 heavy (non-hydrogen) atoms. The summed E-state index contributed by atoms with van der Waals surface area (Å²) in [4.78, 5) is 0. The number of unbranched alkanes of at least 4 members (excludes halogenated alkanes) is 1. The van der Waals surface area contributed by atoms with Crippen LogP contribution in [0.2, 0.25) is 0 Å². The van der Waals surface area contributed by atoms with E-state index < -0.39 is 12.0 Å². The van der Waals surface area contributed by atoms with Gasteiger partial charge in [0.25, 0.3) is 5.92 Å². The lowest BCUT2D eigenvalue weighted by atomic mass is 10.0. The van der Waals surface area contributed by atoms with Gasteiger partial charge >= 0.3 is 0 Å². The number of methoxy groups -OCH3 is 1. The van der Waals surface area contributed by atoms with Crippen molar-refractivity contribution < 1.29 is 13.5 Å². The lowest BCUT2D eigenvalue weighted by Crippen LogP contribution is -2.34. The van der Waals surface area contributed by atoms with Crippen LogP contribution < -0.4 is 0 Å². The molecule has 0 aromatic heterocycles. The molecule has 0 aromatic rings. The summed E-state index contributed by atoms with van der Waals surface area (Å²) in [6.07, 6.45) is 0.310. The van der Waals surface area contributed by atoms with Crippen LogP contribution >= 0.6 is 0 Å². The topological polar surface area (TPSA) is 9.23 Å². The van der Waals surface area contributed by atoms with Crippen molar-refractivity contribution in [2.24, 2.45) is 0 Å². The molecule has 0 fully saturated rings. The molecule has 0 aliphatic rings. The Morgan fingerprint density at radius 1 is 1.50 bits per heavy atom. The zero-order valence-electron chi connectivity index (χ0n) is 7.78. The Morgan fingerprint density at radius 2 is 2.08 bits per heavy atom. The summed E-state index contributed by atoms with van der Waals surface area (Å²) >= 11 is 0. The summed E-state index contributed by atoms with van der Waals surface area (Å²) in [6, 6.07) is 0. The predicted molar refractivity (Wildman–Crippen MR) is 45.2 cm³/mol. The van der Waals surface area contributed by atoms with E-state index in [0.29, 0.717) is 6.42 Å². The van der Waals surface area contributed by atoms with Gasteiger partial charge in [-0.05, 0) is 12.8 Å². The molecule has 1 unspecified atom stereocenters. The van der Waals surface area contributed by atoms with Crippen molar-refractivity contribution in [3.8, 4) is 0 Å². The van der Waals surface area contributed by atoms with Gasteiger partial charge < -0.3 is 4.74 Å². The highest BCUT2D eigenvalue weighted by Crippen LogP contribution is 2.28. The van der Waals surface area contributed by atoms with E-state index in [2.05, 4.69) is 11.7 Å². The van der Waals surface area contributed by atoms with Gasteiger partial charge in [-0.2, -0.15) is 0 Å². The maximum atomic E-state index is 13.1. The molecule has 0 aromatic carbocycles. The molecule has 73 valence electrons. The van der Waals surface area contributed by atoms with Gasteiger partial charge in [0.1, 0.15) is 6.10 Å². The first-order chi connectivity index (χ1) is 5.58. The van der Waals surface area contributed by atoms with E-state index in [1.807, 2.05) is 6.92 Å². The molecule has 1 atom stereocenters. The SMILES string of the molecule is [CH2]CC(OC)C(F)(F)CCCC. The number of alkyl halides is 2. The van der Waals surface area contributed by atoms with E-state index in [4.69, 9.17) is 0 Å². The van der Waals surface area contributed by atoms with Crippen LogP contribution in [0.15, 0.2) is 0 Å². The summed E-state index contributed by atoms with van der Waals surface area (Å²) in [5.74, 6) is -2.72. The maximum Gasteiger partial charge on any atom is 0.273 e. The second-order valence-corrected chi connectivity index (χ2v) is 2.88. The first-order valence-electron chi connectivity index (χ1n) is 4.28.